The normalized spacial score (nSPS) is 15.2. The summed E-state index contributed by atoms with van der Waals surface area (Å²) in [5.74, 6) is -0.234. The molecule has 30 heavy (non-hydrogen) atoms. The molecule has 0 aliphatic carbocycles. The minimum Gasteiger partial charge on any atom is -0.361 e. The molecule has 2 heterocycles. The van der Waals surface area contributed by atoms with E-state index in [1.165, 1.54) is 16.5 Å². The zero-order valence-electron chi connectivity index (χ0n) is 17.4. The minimum absolute atomic E-state index is 0.00385. The number of carbonyl (C=O) groups excluding carboxylic acids is 2. The summed E-state index contributed by atoms with van der Waals surface area (Å²) in [5, 5.41) is 4.14. The number of nitrogens with zero attached hydrogens (tertiary/aromatic N) is 1. The molecular formula is C25H27N3O2. The number of aromatic nitrogens is 1. The van der Waals surface area contributed by atoms with E-state index < -0.39 is 6.04 Å². The molecule has 1 aliphatic heterocycles. The third-order valence-electron chi connectivity index (χ3n) is 5.71. The van der Waals surface area contributed by atoms with E-state index >= 15 is 0 Å². The monoisotopic (exact) mass is 401 g/mol. The average Bonchev–Trinajstić information content (AvgIpc) is 3.21. The summed E-state index contributed by atoms with van der Waals surface area (Å²) in [7, 11) is 0. The average molecular weight is 402 g/mol. The first kappa shape index (κ1) is 20.0. The van der Waals surface area contributed by atoms with Crippen molar-refractivity contribution in [1.82, 2.24) is 15.2 Å². The van der Waals surface area contributed by atoms with Crippen LogP contribution in [0.25, 0.3) is 16.5 Å². The topological polar surface area (TPSA) is 65.2 Å². The fourth-order valence-electron chi connectivity index (χ4n) is 3.98. The maximum atomic E-state index is 13.2. The van der Waals surface area contributed by atoms with Crippen molar-refractivity contribution >= 4 is 28.3 Å². The summed E-state index contributed by atoms with van der Waals surface area (Å²) in [4.78, 5) is 30.9. The standard InChI is InChI=1S/C25H27N3O2/c1-17(2)23(27-24(29)19-8-4-3-5-9-19)25(30)28-14-12-18(13-15-28)21-16-26-22-11-7-6-10-20(21)22/h3-12,16-17,23,26H,13-15H2,1-2H3,(H,27,29)/t23-/m1/s1. The second-order valence-corrected chi connectivity index (χ2v) is 8.07. The highest BCUT2D eigenvalue weighted by Gasteiger charge is 2.30. The van der Waals surface area contributed by atoms with Crippen LogP contribution in [0.3, 0.4) is 0 Å². The summed E-state index contributed by atoms with van der Waals surface area (Å²) >= 11 is 0. The van der Waals surface area contributed by atoms with Gasteiger partial charge in [-0.05, 0) is 36.1 Å². The maximum Gasteiger partial charge on any atom is 0.251 e. The molecule has 5 heteroatoms. The molecule has 5 nitrogen and oxygen atoms in total. The van der Waals surface area contributed by atoms with Crippen LogP contribution in [0.2, 0.25) is 0 Å². The zero-order chi connectivity index (χ0) is 21.1. The van der Waals surface area contributed by atoms with Crippen molar-refractivity contribution in [2.24, 2.45) is 5.92 Å². The summed E-state index contributed by atoms with van der Waals surface area (Å²) in [6.07, 6.45) is 4.98. The third kappa shape index (κ3) is 4.01. The molecule has 2 N–H and O–H groups in total. The Morgan fingerprint density at radius 1 is 1.03 bits per heavy atom. The van der Waals surface area contributed by atoms with Crippen molar-refractivity contribution in [2.75, 3.05) is 13.1 Å². The lowest BCUT2D eigenvalue weighted by atomic mass is 9.97. The van der Waals surface area contributed by atoms with E-state index in [-0.39, 0.29) is 17.7 Å². The molecule has 2 amide bonds. The van der Waals surface area contributed by atoms with Crippen LogP contribution in [0.4, 0.5) is 0 Å². The Balaban J connectivity index is 1.47. The van der Waals surface area contributed by atoms with Gasteiger partial charge < -0.3 is 15.2 Å². The molecule has 0 radical (unpaired) electrons. The van der Waals surface area contributed by atoms with Crippen LogP contribution in [0.1, 0.15) is 36.2 Å². The van der Waals surface area contributed by atoms with Gasteiger partial charge in [0.1, 0.15) is 6.04 Å². The Kier molecular flexibility index (Phi) is 5.70. The molecule has 0 spiro atoms. The van der Waals surface area contributed by atoms with E-state index in [1.54, 1.807) is 12.1 Å². The second kappa shape index (κ2) is 8.57. The molecule has 4 rings (SSSR count). The highest BCUT2D eigenvalue weighted by Crippen LogP contribution is 2.29. The summed E-state index contributed by atoms with van der Waals surface area (Å²) in [5.41, 5.74) is 4.15. The lowest BCUT2D eigenvalue weighted by molar-refractivity contribution is -0.133. The first-order valence-corrected chi connectivity index (χ1v) is 10.4. The summed E-state index contributed by atoms with van der Waals surface area (Å²) < 4.78 is 0. The lowest BCUT2D eigenvalue weighted by Crippen LogP contribution is -2.52. The predicted octanol–water partition coefficient (Wildman–Crippen LogP) is 4.24. The fourth-order valence-corrected chi connectivity index (χ4v) is 3.98. The van der Waals surface area contributed by atoms with Gasteiger partial charge in [0, 0.05) is 41.3 Å². The number of rotatable bonds is 5. The fraction of sp³-hybridized carbons (Fsp3) is 0.280. The summed E-state index contributed by atoms with van der Waals surface area (Å²) in [6.45, 7) is 5.13. The molecule has 1 atom stereocenters. The Hall–Kier alpha value is -3.34. The molecule has 0 saturated heterocycles. The number of carbonyl (C=O) groups is 2. The van der Waals surface area contributed by atoms with Crippen LogP contribution in [-0.4, -0.2) is 40.8 Å². The van der Waals surface area contributed by atoms with Crippen molar-refractivity contribution in [3.8, 4) is 0 Å². The van der Waals surface area contributed by atoms with Gasteiger partial charge in [-0.15, -0.1) is 0 Å². The number of para-hydroxylation sites is 1. The molecule has 0 unspecified atom stereocenters. The number of amides is 2. The second-order valence-electron chi connectivity index (χ2n) is 8.07. The quantitative estimate of drug-likeness (QED) is 0.672. The van der Waals surface area contributed by atoms with Gasteiger partial charge in [0.2, 0.25) is 5.91 Å². The van der Waals surface area contributed by atoms with Crippen LogP contribution >= 0.6 is 0 Å². The number of fused-ring (bicyclic) bond motifs is 1. The van der Waals surface area contributed by atoms with E-state index in [0.717, 1.165) is 11.9 Å². The Morgan fingerprint density at radius 3 is 2.47 bits per heavy atom. The Morgan fingerprint density at radius 2 is 1.77 bits per heavy atom. The number of H-pyrrole nitrogens is 1. The third-order valence-corrected chi connectivity index (χ3v) is 5.71. The van der Waals surface area contributed by atoms with Crippen molar-refractivity contribution in [2.45, 2.75) is 26.3 Å². The maximum absolute atomic E-state index is 13.2. The van der Waals surface area contributed by atoms with E-state index in [1.807, 2.05) is 55.3 Å². The first-order valence-electron chi connectivity index (χ1n) is 10.4. The van der Waals surface area contributed by atoms with E-state index in [2.05, 4.69) is 28.5 Å². The molecule has 1 aromatic heterocycles. The zero-order valence-corrected chi connectivity index (χ0v) is 17.4. The van der Waals surface area contributed by atoms with Gasteiger partial charge in [-0.25, -0.2) is 0 Å². The smallest absolute Gasteiger partial charge is 0.251 e. The minimum atomic E-state index is -0.541. The molecule has 0 saturated carbocycles. The SMILES string of the molecule is CC(C)[C@@H](NC(=O)c1ccccc1)C(=O)N1CC=C(c2c[nH]c3ccccc23)CC1. The predicted molar refractivity (Wildman–Crippen MR) is 120 cm³/mol. The highest BCUT2D eigenvalue weighted by molar-refractivity contribution is 5.98. The van der Waals surface area contributed by atoms with Gasteiger partial charge in [-0.1, -0.05) is 56.3 Å². The van der Waals surface area contributed by atoms with Crippen LogP contribution in [-0.2, 0) is 4.79 Å². The van der Waals surface area contributed by atoms with Crippen molar-refractivity contribution in [3.05, 3.63) is 78.0 Å². The van der Waals surface area contributed by atoms with Crippen molar-refractivity contribution in [3.63, 3.8) is 0 Å². The van der Waals surface area contributed by atoms with Gasteiger partial charge in [0.05, 0.1) is 0 Å². The number of aromatic amines is 1. The Labute approximate surface area is 176 Å². The van der Waals surface area contributed by atoms with Crippen LogP contribution in [0.15, 0.2) is 66.9 Å². The summed E-state index contributed by atoms with van der Waals surface area (Å²) in [6, 6.07) is 16.7. The number of hydrogen-bond acceptors (Lipinski definition) is 2. The Bertz CT molecular complexity index is 1080. The van der Waals surface area contributed by atoms with Crippen molar-refractivity contribution in [1.29, 1.82) is 0 Å². The molecule has 0 bridgehead atoms. The number of nitrogens with one attached hydrogen (secondary N) is 2. The lowest BCUT2D eigenvalue weighted by Gasteiger charge is -2.32. The molecular weight excluding hydrogens is 374 g/mol. The van der Waals surface area contributed by atoms with Gasteiger partial charge in [-0.2, -0.15) is 0 Å². The molecule has 154 valence electrons. The van der Waals surface area contributed by atoms with Gasteiger partial charge in [-0.3, -0.25) is 9.59 Å². The van der Waals surface area contributed by atoms with E-state index in [4.69, 9.17) is 0 Å². The highest BCUT2D eigenvalue weighted by atomic mass is 16.2. The van der Waals surface area contributed by atoms with E-state index in [0.29, 0.717) is 18.7 Å². The molecule has 1 aliphatic rings. The van der Waals surface area contributed by atoms with Gasteiger partial charge >= 0.3 is 0 Å². The molecule has 0 fully saturated rings. The van der Waals surface area contributed by atoms with Gasteiger partial charge in [0.25, 0.3) is 5.91 Å². The first-order chi connectivity index (χ1) is 14.5. The molecule has 3 aromatic rings. The number of benzene rings is 2. The van der Waals surface area contributed by atoms with E-state index in [9.17, 15) is 9.59 Å². The van der Waals surface area contributed by atoms with Crippen LogP contribution in [0, 0.1) is 5.92 Å². The van der Waals surface area contributed by atoms with Crippen LogP contribution in [0.5, 0.6) is 0 Å². The van der Waals surface area contributed by atoms with Crippen LogP contribution < -0.4 is 5.32 Å². The molecule has 2 aromatic carbocycles. The van der Waals surface area contributed by atoms with Crippen molar-refractivity contribution < 1.29 is 9.59 Å². The van der Waals surface area contributed by atoms with Gasteiger partial charge in [0.15, 0.2) is 0 Å². The largest absolute Gasteiger partial charge is 0.361 e. The number of hydrogen-bond donors (Lipinski definition) is 2.